The summed E-state index contributed by atoms with van der Waals surface area (Å²) in [4.78, 5) is 23.7. The lowest BCUT2D eigenvalue weighted by Crippen LogP contribution is -2.34. The first-order chi connectivity index (χ1) is 9.10. The van der Waals surface area contributed by atoms with E-state index in [2.05, 4.69) is 5.32 Å². The van der Waals surface area contributed by atoms with E-state index in [1.807, 2.05) is 31.2 Å². The first-order valence-corrected chi connectivity index (χ1v) is 6.20. The molecule has 0 aromatic heterocycles. The van der Waals surface area contributed by atoms with Crippen LogP contribution in [0, 0.1) is 0 Å². The van der Waals surface area contributed by atoms with E-state index in [-0.39, 0.29) is 5.91 Å². The third-order valence-corrected chi connectivity index (χ3v) is 2.71. The van der Waals surface area contributed by atoms with Crippen LogP contribution in [0.15, 0.2) is 42.0 Å². The van der Waals surface area contributed by atoms with Gasteiger partial charge in [0.05, 0.1) is 7.11 Å². The molecule has 0 fully saturated rings. The maximum Gasteiger partial charge on any atom is 0.333 e. The predicted molar refractivity (Wildman–Crippen MR) is 73.4 cm³/mol. The average Bonchev–Trinajstić information content (AvgIpc) is 2.44. The predicted octanol–water partition coefficient (Wildman–Crippen LogP) is 2.37. The minimum Gasteiger partial charge on any atom is -0.467 e. The van der Waals surface area contributed by atoms with Gasteiger partial charge in [-0.1, -0.05) is 43.3 Å². The molecule has 0 aliphatic carbocycles. The number of carbonyl (C=O) groups excluding carboxylic acids is 2. The summed E-state index contributed by atoms with van der Waals surface area (Å²) in [5.74, 6) is -0.745. The van der Waals surface area contributed by atoms with Gasteiger partial charge in [-0.3, -0.25) is 4.79 Å². The molecule has 0 bridgehead atoms. The van der Waals surface area contributed by atoms with E-state index in [0.717, 1.165) is 6.42 Å². The number of allylic oxidation sites excluding steroid dienone is 1. The first kappa shape index (κ1) is 15.0. The van der Waals surface area contributed by atoms with Crippen molar-refractivity contribution in [3.8, 4) is 0 Å². The van der Waals surface area contributed by atoms with Gasteiger partial charge in [0.25, 0.3) is 0 Å². The van der Waals surface area contributed by atoms with Crippen LogP contribution >= 0.6 is 0 Å². The van der Waals surface area contributed by atoms with Crippen molar-refractivity contribution < 1.29 is 14.3 Å². The number of benzene rings is 1. The van der Waals surface area contributed by atoms with Gasteiger partial charge in [-0.25, -0.2) is 4.79 Å². The molecule has 0 spiro atoms. The summed E-state index contributed by atoms with van der Waals surface area (Å²) in [5.41, 5.74) is 1.29. The van der Waals surface area contributed by atoms with Gasteiger partial charge in [-0.15, -0.1) is 0 Å². The molecule has 4 heteroatoms. The summed E-state index contributed by atoms with van der Waals surface area (Å²) in [6, 6.07) is 8.25. The van der Waals surface area contributed by atoms with Crippen molar-refractivity contribution in [3.05, 3.63) is 47.5 Å². The lowest BCUT2D eigenvalue weighted by atomic mass is 10.1. The minimum atomic E-state index is -0.779. The maximum absolute atomic E-state index is 11.9. The molecule has 19 heavy (non-hydrogen) atoms. The second-order valence-corrected chi connectivity index (χ2v) is 4.14. The van der Waals surface area contributed by atoms with Crippen LogP contribution in [-0.4, -0.2) is 19.0 Å². The van der Waals surface area contributed by atoms with E-state index in [0.29, 0.717) is 11.1 Å². The SMILES string of the molecule is CCC=C(C)C(=O)NC(C(=O)OC)c1ccccc1. The zero-order valence-corrected chi connectivity index (χ0v) is 11.5. The summed E-state index contributed by atoms with van der Waals surface area (Å²) >= 11 is 0. The minimum absolute atomic E-state index is 0.263. The van der Waals surface area contributed by atoms with E-state index in [1.165, 1.54) is 7.11 Å². The molecular formula is C15H19NO3. The molecule has 0 heterocycles. The zero-order valence-electron chi connectivity index (χ0n) is 11.5. The Hall–Kier alpha value is -2.10. The van der Waals surface area contributed by atoms with Crippen LogP contribution < -0.4 is 5.32 Å². The smallest absolute Gasteiger partial charge is 0.333 e. The Morgan fingerprint density at radius 3 is 2.47 bits per heavy atom. The number of methoxy groups -OCH3 is 1. The number of hydrogen-bond donors (Lipinski definition) is 1. The molecule has 1 aromatic carbocycles. The van der Waals surface area contributed by atoms with Gasteiger partial charge in [0.1, 0.15) is 0 Å². The van der Waals surface area contributed by atoms with Gasteiger partial charge in [-0.05, 0) is 18.9 Å². The Kier molecular flexibility index (Phi) is 5.79. The second-order valence-electron chi connectivity index (χ2n) is 4.14. The molecule has 1 rings (SSSR count). The van der Waals surface area contributed by atoms with Gasteiger partial charge >= 0.3 is 5.97 Å². The highest BCUT2D eigenvalue weighted by Gasteiger charge is 2.23. The van der Waals surface area contributed by atoms with Crippen LogP contribution in [0.1, 0.15) is 31.9 Å². The van der Waals surface area contributed by atoms with Crippen molar-refractivity contribution in [2.75, 3.05) is 7.11 Å². The van der Waals surface area contributed by atoms with Crippen molar-refractivity contribution in [3.63, 3.8) is 0 Å². The third kappa shape index (κ3) is 4.25. The molecule has 4 nitrogen and oxygen atoms in total. The fraction of sp³-hybridized carbons (Fsp3) is 0.333. The van der Waals surface area contributed by atoms with Gasteiger partial charge in [0.15, 0.2) is 6.04 Å². The van der Waals surface area contributed by atoms with Crippen molar-refractivity contribution >= 4 is 11.9 Å². The Bertz CT molecular complexity index is 466. The summed E-state index contributed by atoms with van der Waals surface area (Å²) in [7, 11) is 1.30. The van der Waals surface area contributed by atoms with Crippen LogP contribution in [0.3, 0.4) is 0 Å². The van der Waals surface area contributed by atoms with Crippen LogP contribution in [0.25, 0.3) is 0 Å². The lowest BCUT2D eigenvalue weighted by Gasteiger charge is -2.17. The molecule has 1 N–H and O–H groups in total. The van der Waals surface area contributed by atoms with E-state index in [1.54, 1.807) is 19.1 Å². The number of ether oxygens (including phenoxy) is 1. The van der Waals surface area contributed by atoms with Crippen molar-refractivity contribution in [1.29, 1.82) is 0 Å². The fourth-order valence-corrected chi connectivity index (χ4v) is 1.69. The third-order valence-electron chi connectivity index (χ3n) is 2.71. The highest BCUT2D eigenvalue weighted by molar-refractivity contribution is 5.95. The van der Waals surface area contributed by atoms with Gasteiger partial charge < -0.3 is 10.1 Å². The molecule has 1 atom stereocenters. The molecule has 0 saturated heterocycles. The quantitative estimate of drug-likeness (QED) is 0.654. The number of hydrogen-bond acceptors (Lipinski definition) is 3. The van der Waals surface area contributed by atoms with Crippen LogP contribution in [-0.2, 0) is 14.3 Å². The molecule has 0 saturated carbocycles. The Morgan fingerprint density at radius 2 is 1.95 bits per heavy atom. The van der Waals surface area contributed by atoms with Crippen LogP contribution in [0.4, 0.5) is 0 Å². The molecule has 0 aliphatic rings. The monoisotopic (exact) mass is 261 g/mol. The summed E-state index contributed by atoms with van der Waals surface area (Å²) in [5, 5.41) is 2.69. The largest absolute Gasteiger partial charge is 0.467 e. The number of amides is 1. The van der Waals surface area contributed by atoms with Crippen molar-refractivity contribution in [1.82, 2.24) is 5.32 Å². The fourth-order valence-electron chi connectivity index (χ4n) is 1.69. The van der Waals surface area contributed by atoms with E-state index < -0.39 is 12.0 Å². The molecule has 1 aromatic rings. The molecule has 102 valence electrons. The molecular weight excluding hydrogens is 242 g/mol. The molecule has 0 aliphatic heterocycles. The Balaban J connectivity index is 2.92. The van der Waals surface area contributed by atoms with E-state index in [9.17, 15) is 9.59 Å². The topological polar surface area (TPSA) is 55.4 Å². The Morgan fingerprint density at radius 1 is 1.32 bits per heavy atom. The highest BCUT2D eigenvalue weighted by Crippen LogP contribution is 2.14. The van der Waals surface area contributed by atoms with Crippen molar-refractivity contribution in [2.45, 2.75) is 26.3 Å². The standard InChI is InChI=1S/C15H19NO3/c1-4-8-11(2)14(17)16-13(15(18)19-3)12-9-6-5-7-10-12/h5-10,13H,4H2,1-3H3,(H,16,17). The van der Waals surface area contributed by atoms with Crippen LogP contribution in [0.5, 0.6) is 0 Å². The van der Waals surface area contributed by atoms with Gasteiger partial charge in [0, 0.05) is 5.57 Å². The van der Waals surface area contributed by atoms with E-state index >= 15 is 0 Å². The molecule has 1 unspecified atom stereocenters. The maximum atomic E-state index is 11.9. The highest BCUT2D eigenvalue weighted by atomic mass is 16.5. The summed E-state index contributed by atoms with van der Waals surface area (Å²) < 4.78 is 4.73. The number of esters is 1. The Labute approximate surface area is 113 Å². The molecule has 0 radical (unpaired) electrons. The number of rotatable bonds is 5. The lowest BCUT2D eigenvalue weighted by molar-refractivity contribution is -0.144. The molecule has 1 amide bonds. The summed E-state index contributed by atoms with van der Waals surface area (Å²) in [6.45, 7) is 3.67. The van der Waals surface area contributed by atoms with Gasteiger partial charge in [0.2, 0.25) is 5.91 Å². The zero-order chi connectivity index (χ0) is 14.3. The van der Waals surface area contributed by atoms with Gasteiger partial charge in [-0.2, -0.15) is 0 Å². The van der Waals surface area contributed by atoms with E-state index in [4.69, 9.17) is 4.74 Å². The second kappa shape index (κ2) is 7.36. The average molecular weight is 261 g/mol. The number of nitrogens with one attached hydrogen (secondary N) is 1. The van der Waals surface area contributed by atoms with Crippen molar-refractivity contribution in [2.24, 2.45) is 0 Å². The summed E-state index contributed by atoms with van der Waals surface area (Å²) in [6.07, 6.45) is 2.59. The van der Waals surface area contributed by atoms with Crippen LogP contribution in [0.2, 0.25) is 0 Å². The number of carbonyl (C=O) groups is 2. The first-order valence-electron chi connectivity index (χ1n) is 6.20. The normalized spacial score (nSPS) is 12.7.